The van der Waals surface area contributed by atoms with Crippen LogP contribution in [-0.2, 0) is 11.8 Å². The van der Waals surface area contributed by atoms with Crippen LogP contribution in [0.1, 0.15) is 26.7 Å². The SMILES string of the molecule is COC(=O)c1nn(C)c(C)c1NC(=O)c1cc(-c2ccc(Cl)cc2)on1. The lowest BCUT2D eigenvalue weighted by molar-refractivity contribution is 0.0594. The summed E-state index contributed by atoms with van der Waals surface area (Å²) in [5, 5.41) is 11.1. The molecule has 1 amide bonds. The van der Waals surface area contributed by atoms with Gasteiger partial charge < -0.3 is 14.6 Å². The van der Waals surface area contributed by atoms with Crippen molar-refractivity contribution in [3.05, 3.63) is 52.4 Å². The summed E-state index contributed by atoms with van der Waals surface area (Å²) in [7, 11) is 2.90. The Hall–Kier alpha value is -3.13. The highest BCUT2D eigenvalue weighted by atomic mass is 35.5. The summed E-state index contributed by atoms with van der Waals surface area (Å²) in [6.45, 7) is 1.72. The van der Waals surface area contributed by atoms with Crippen LogP contribution in [0.25, 0.3) is 11.3 Å². The Morgan fingerprint density at radius 3 is 2.62 bits per heavy atom. The van der Waals surface area contributed by atoms with Gasteiger partial charge in [-0.05, 0) is 31.2 Å². The molecule has 0 aliphatic heterocycles. The van der Waals surface area contributed by atoms with Crippen LogP contribution in [0, 0.1) is 6.92 Å². The first-order chi connectivity index (χ1) is 12.4. The zero-order valence-electron chi connectivity index (χ0n) is 14.2. The van der Waals surface area contributed by atoms with Gasteiger partial charge in [-0.3, -0.25) is 9.48 Å². The molecule has 0 bridgehead atoms. The van der Waals surface area contributed by atoms with Crippen molar-refractivity contribution in [1.82, 2.24) is 14.9 Å². The highest BCUT2D eigenvalue weighted by Gasteiger charge is 2.23. The number of rotatable bonds is 4. The number of carbonyl (C=O) groups is 2. The highest BCUT2D eigenvalue weighted by Crippen LogP contribution is 2.24. The Kier molecular flexibility index (Phi) is 4.77. The van der Waals surface area contributed by atoms with Crippen molar-refractivity contribution in [3.63, 3.8) is 0 Å². The number of methoxy groups -OCH3 is 1. The number of nitrogens with zero attached hydrogens (tertiary/aromatic N) is 3. The first-order valence-corrected chi connectivity index (χ1v) is 7.94. The lowest BCUT2D eigenvalue weighted by atomic mass is 10.1. The maximum absolute atomic E-state index is 12.5. The number of ether oxygens (including phenoxy) is 1. The van der Waals surface area contributed by atoms with Gasteiger partial charge in [0.25, 0.3) is 5.91 Å². The van der Waals surface area contributed by atoms with Gasteiger partial charge in [-0.15, -0.1) is 0 Å². The molecule has 0 saturated heterocycles. The molecule has 134 valence electrons. The third kappa shape index (κ3) is 3.31. The largest absolute Gasteiger partial charge is 0.464 e. The Bertz CT molecular complexity index is 975. The summed E-state index contributed by atoms with van der Waals surface area (Å²) in [4.78, 5) is 24.3. The monoisotopic (exact) mass is 374 g/mol. The molecule has 0 fully saturated rings. The molecule has 2 aromatic heterocycles. The number of carbonyl (C=O) groups excluding carboxylic acids is 2. The maximum atomic E-state index is 12.5. The van der Waals surface area contributed by atoms with Gasteiger partial charge >= 0.3 is 5.97 Å². The minimum absolute atomic E-state index is 0.0160. The van der Waals surface area contributed by atoms with E-state index in [1.54, 1.807) is 38.2 Å². The third-order valence-electron chi connectivity index (χ3n) is 3.82. The average Bonchev–Trinajstić information content (AvgIpc) is 3.23. The van der Waals surface area contributed by atoms with Crippen LogP contribution in [0.2, 0.25) is 5.02 Å². The van der Waals surface area contributed by atoms with Gasteiger partial charge in [-0.25, -0.2) is 4.79 Å². The molecule has 3 rings (SSSR count). The van der Waals surface area contributed by atoms with Crippen molar-refractivity contribution in [2.75, 3.05) is 12.4 Å². The standard InChI is InChI=1S/C17H15ClN4O4/c1-9-14(15(17(24)25-3)20-22(9)2)19-16(23)12-8-13(26-21-12)10-4-6-11(18)7-5-10/h4-8H,1-3H3,(H,19,23). The first-order valence-electron chi connectivity index (χ1n) is 7.56. The summed E-state index contributed by atoms with van der Waals surface area (Å²) in [6.07, 6.45) is 0. The van der Waals surface area contributed by atoms with E-state index in [1.165, 1.54) is 17.9 Å². The van der Waals surface area contributed by atoms with Crippen LogP contribution in [0.5, 0.6) is 0 Å². The second-order valence-electron chi connectivity index (χ2n) is 5.46. The Labute approximate surface area is 153 Å². The van der Waals surface area contributed by atoms with Gasteiger partial charge in [0.2, 0.25) is 0 Å². The molecule has 1 N–H and O–H groups in total. The van der Waals surface area contributed by atoms with Crippen LogP contribution >= 0.6 is 11.6 Å². The van der Waals surface area contributed by atoms with Crippen LogP contribution < -0.4 is 5.32 Å². The number of nitrogens with one attached hydrogen (secondary N) is 1. The van der Waals surface area contributed by atoms with Gasteiger partial charge in [0.05, 0.1) is 18.5 Å². The predicted octanol–water partition coefficient (Wildman–Crippen LogP) is 3.08. The van der Waals surface area contributed by atoms with Crippen molar-refractivity contribution in [3.8, 4) is 11.3 Å². The smallest absolute Gasteiger partial charge is 0.360 e. The molecule has 0 radical (unpaired) electrons. The van der Waals surface area contributed by atoms with E-state index in [9.17, 15) is 9.59 Å². The molecule has 0 aliphatic carbocycles. The number of hydrogen-bond acceptors (Lipinski definition) is 6. The van der Waals surface area contributed by atoms with E-state index < -0.39 is 11.9 Å². The normalized spacial score (nSPS) is 10.6. The summed E-state index contributed by atoms with van der Waals surface area (Å²) in [6, 6.07) is 8.43. The minimum atomic E-state index is -0.647. The zero-order chi connectivity index (χ0) is 18.8. The molecular weight excluding hydrogens is 360 g/mol. The fourth-order valence-corrected chi connectivity index (χ4v) is 2.43. The molecule has 2 heterocycles. The molecule has 0 spiro atoms. The van der Waals surface area contributed by atoms with Crippen molar-refractivity contribution in [2.45, 2.75) is 6.92 Å². The number of halogens is 1. The number of hydrogen-bond donors (Lipinski definition) is 1. The molecule has 3 aromatic rings. The molecule has 9 heteroatoms. The van der Waals surface area contributed by atoms with Crippen molar-refractivity contribution < 1.29 is 18.8 Å². The summed E-state index contributed by atoms with van der Waals surface area (Å²) in [5.74, 6) is -0.760. The molecule has 8 nitrogen and oxygen atoms in total. The number of esters is 1. The fraction of sp³-hybridized carbons (Fsp3) is 0.176. The molecule has 0 unspecified atom stereocenters. The summed E-state index contributed by atoms with van der Waals surface area (Å²) < 4.78 is 11.4. The number of anilines is 1. The predicted molar refractivity (Wildman–Crippen MR) is 94.2 cm³/mol. The topological polar surface area (TPSA) is 99.2 Å². The van der Waals surface area contributed by atoms with Crippen LogP contribution in [0.4, 0.5) is 5.69 Å². The van der Waals surface area contributed by atoms with Gasteiger partial charge in [0.1, 0.15) is 0 Å². The van der Waals surface area contributed by atoms with E-state index in [4.69, 9.17) is 20.9 Å². The number of amides is 1. The van der Waals surface area contributed by atoms with E-state index in [-0.39, 0.29) is 17.1 Å². The van der Waals surface area contributed by atoms with Crippen molar-refractivity contribution >= 4 is 29.2 Å². The quantitative estimate of drug-likeness (QED) is 0.704. The van der Waals surface area contributed by atoms with Gasteiger partial charge in [0.15, 0.2) is 17.1 Å². The van der Waals surface area contributed by atoms with Crippen molar-refractivity contribution in [1.29, 1.82) is 0 Å². The van der Waals surface area contributed by atoms with E-state index in [0.29, 0.717) is 16.5 Å². The number of aryl methyl sites for hydroxylation is 1. The van der Waals surface area contributed by atoms with Crippen molar-refractivity contribution in [2.24, 2.45) is 7.05 Å². The highest BCUT2D eigenvalue weighted by molar-refractivity contribution is 6.30. The van der Waals surface area contributed by atoms with Crippen LogP contribution in [0.15, 0.2) is 34.9 Å². The molecule has 0 atom stereocenters. The van der Waals surface area contributed by atoms with E-state index in [2.05, 4.69) is 15.6 Å². The number of benzene rings is 1. The first kappa shape index (κ1) is 17.7. The molecule has 0 saturated carbocycles. The number of aromatic nitrogens is 3. The van der Waals surface area contributed by atoms with Crippen LogP contribution in [0.3, 0.4) is 0 Å². The van der Waals surface area contributed by atoms with Crippen LogP contribution in [-0.4, -0.2) is 33.9 Å². The molecule has 26 heavy (non-hydrogen) atoms. The van der Waals surface area contributed by atoms with Gasteiger partial charge in [-0.2, -0.15) is 5.10 Å². The fourth-order valence-electron chi connectivity index (χ4n) is 2.31. The summed E-state index contributed by atoms with van der Waals surface area (Å²) >= 11 is 5.86. The minimum Gasteiger partial charge on any atom is -0.464 e. The van der Waals surface area contributed by atoms with E-state index in [1.807, 2.05) is 0 Å². The van der Waals surface area contributed by atoms with Gasteiger partial charge in [-0.1, -0.05) is 16.8 Å². The van der Waals surface area contributed by atoms with Gasteiger partial charge in [0, 0.05) is 23.7 Å². The summed E-state index contributed by atoms with van der Waals surface area (Å²) in [5.41, 5.74) is 1.67. The Balaban J connectivity index is 1.86. The lowest BCUT2D eigenvalue weighted by Gasteiger charge is -2.04. The second-order valence-corrected chi connectivity index (χ2v) is 5.90. The zero-order valence-corrected chi connectivity index (χ0v) is 15.0. The third-order valence-corrected chi connectivity index (χ3v) is 4.07. The lowest BCUT2D eigenvalue weighted by Crippen LogP contribution is -2.15. The van der Waals surface area contributed by atoms with E-state index >= 15 is 0 Å². The average molecular weight is 375 g/mol. The second kappa shape index (κ2) is 7.01. The Morgan fingerprint density at radius 1 is 1.27 bits per heavy atom. The molecule has 0 aliphatic rings. The van der Waals surface area contributed by atoms with E-state index in [0.717, 1.165) is 5.56 Å². The molecule has 1 aromatic carbocycles. The maximum Gasteiger partial charge on any atom is 0.360 e. The Morgan fingerprint density at radius 2 is 1.96 bits per heavy atom. The molecular formula is C17H15ClN4O4.